The molecule has 0 amide bonds. The third kappa shape index (κ3) is 2.87. The molecule has 3 nitrogen and oxygen atoms in total. The summed E-state index contributed by atoms with van der Waals surface area (Å²) in [5.41, 5.74) is 2.35. The first kappa shape index (κ1) is 11.7. The number of benzene rings is 1. The third-order valence-corrected chi connectivity index (χ3v) is 2.74. The van der Waals surface area contributed by atoms with E-state index in [0.29, 0.717) is 6.04 Å². The molecular formula is C14H18N2O. The Labute approximate surface area is 102 Å². The molecule has 0 N–H and O–H groups in total. The van der Waals surface area contributed by atoms with Gasteiger partial charge in [0.15, 0.2) is 0 Å². The quantitative estimate of drug-likeness (QED) is 0.807. The van der Waals surface area contributed by atoms with Crippen LogP contribution in [-0.4, -0.2) is 16.9 Å². The van der Waals surface area contributed by atoms with E-state index in [1.54, 1.807) is 7.11 Å². The van der Waals surface area contributed by atoms with Gasteiger partial charge in [-0.25, -0.2) is 0 Å². The molecule has 0 saturated heterocycles. The Morgan fingerprint density at radius 2 is 1.88 bits per heavy atom. The molecule has 0 atom stereocenters. The smallest absolute Gasteiger partial charge is 0.118 e. The van der Waals surface area contributed by atoms with Crippen molar-refractivity contribution in [1.29, 1.82) is 0 Å². The summed E-state index contributed by atoms with van der Waals surface area (Å²) in [6, 6.07) is 10.6. The van der Waals surface area contributed by atoms with Crippen molar-refractivity contribution in [2.45, 2.75) is 26.3 Å². The maximum Gasteiger partial charge on any atom is 0.118 e. The molecular weight excluding hydrogens is 212 g/mol. The molecule has 17 heavy (non-hydrogen) atoms. The molecule has 1 aromatic heterocycles. The Balaban J connectivity index is 2.08. The van der Waals surface area contributed by atoms with E-state index in [4.69, 9.17) is 4.74 Å². The van der Waals surface area contributed by atoms with Crippen LogP contribution in [0.1, 0.15) is 31.1 Å². The van der Waals surface area contributed by atoms with Gasteiger partial charge in [0, 0.05) is 18.7 Å². The van der Waals surface area contributed by atoms with Crippen LogP contribution < -0.4 is 4.74 Å². The van der Waals surface area contributed by atoms with Crippen LogP contribution in [0.25, 0.3) is 0 Å². The van der Waals surface area contributed by atoms with E-state index in [0.717, 1.165) is 17.9 Å². The zero-order valence-corrected chi connectivity index (χ0v) is 10.6. The van der Waals surface area contributed by atoms with Gasteiger partial charge in [-0.15, -0.1) is 0 Å². The van der Waals surface area contributed by atoms with E-state index in [-0.39, 0.29) is 0 Å². The molecule has 3 heteroatoms. The highest BCUT2D eigenvalue weighted by molar-refractivity contribution is 5.29. The van der Waals surface area contributed by atoms with Crippen LogP contribution in [0, 0.1) is 0 Å². The molecule has 0 saturated carbocycles. The highest BCUT2D eigenvalue weighted by atomic mass is 16.5. The molecule has 2 rings (SSSR count). The minimum Gasteiger partial charge on any atom is -0.497 e. The fraction of sp³-hybridized carbons (Fsp3) is 0.357. The molecule has 2 aromatic rings. The summed E-state index contributed by atoms with van der Waals surface area (Å²) >= 11 is 0. The zero-order chi connectivity index (χ0) is 12.3. The molecule has 1 heterocycles. The van der Waals surface area contributed by atoms with Crippen molar-refractivity contribution >= 4 is 0 Å². The first-order valence-electron chi connectivity index (χ1n) is 5.86. The summed E-state index contributed by atoms with van der Waals surface area (Å²) < 4.78 is 7.12. The number of hydrogen-bond acceptors (Lipinski definition) is 2. The van der Waals surface area contributed by atoms with Crippen molar-refractivity contribution in [3.63, 3.8) is 0 Å². The number of ether oxygens (including phenoxy) is 1. The molecule has 0 spiro atoms. The van der Waals surface area contributed by atoms with Crippen molar-refractivity contribution < 1.29 is 4.74 Å². The first-order valence-corrected chi connectivity index (χ1v) is 5.86. The number of rotatable bonds is 4. The minimum absolute atomic E-state index is 0.416. The standard InChI is InChI=1S/C14H18N2O/c1-11(2)16-9-8-13(15-16)10-12-4-6-14(17-3)7-5-12/h4-9,11H,10H2,1-3H3. The molecule has 90 valence electrons. The lowest BCUT2D eigenvalue weighted by atomic mass is 10.1. The van der Waals surface area contributed by atoms with Gasteiger partial charge in [-0.3, -0.25) is 4.68 Å². The lowest BCUT2D eigenvalue weighted by Gasteiger charge is -2.04. The molecule has 1 aromatic carbocycles. The number of methoxy groups -OCH3 is 1. The van der Waals surface area contributed by atoms with E-state index < -0.39 is 0 Å². The summed E-state index contributed by atoms with van der Waals surface area (Å²) in [7, 11) is 1.68. The van der Waals surface area contributed by atoms with Crippen LogP contribution >= 0.6 is 0 Å². The van der Waals surface area contributed by atoms with Crippen LogP contribution in [0.4, 0.5) is 0 Å². The van der Waals surface area contributed by atoms with Gasteiger partial charge < -0.3 is 4.74 Å². The van der Waals surface area contributed by atoms with Crippen molar-refractivity contribution in [1.82, 2.24) is 9.78 Å². The predicted octanol–water partition coefficient (Wildman–Crippen LogP) is 3.06. The van der Waals surface area contributed by atoms with Gasteiger partial charge in [-0.05, 0) is 37.6 Å². The van der Waals surface area contributed by atoms with Crippen LogP contribution in [0.3, 0.4) is 0 Å². The molecule has 0 radical (unpaired) electrons. The summed E-state index contributed by atoms with van der Waals surface area (Å²) in [4.78, 5) is 0. The van der Waals surface area contributed by atoms with Gasteiger partial charge in [0.05, 0.1) is 12.8 Å². The topological polar surface area (TPSA) is 27.1 Å². The minimum atomic E-state index is 0.416. The number of nitrogens with zero attached hydrogens (tertiary/aromatic N) is 2. The Kier molecular flexibility index (Phi) is 3.47. The fourth-order valence-corrected chi connectivity index (χ4v) is 1.71. The Bertz CT molecular complexity index is 471. The Morgan fingerprint density at radius 3 is 2.41 bits per heavy atom. The summed E-state index contributed by atoms with van der Waals surface area (Å²) in [5.74, 6) is 0.890. The van der Waals surface area contributed by atoms with Crippen molar-refractivity contribution in [2.75, 3.05) is 7.11 Å². The van der Waals surface area contributed by atoms with E-state index in [1.807, 2.05) is 23.0 Å². The molecule has 0 aliphatic rings. The lowest BCUT2D eigenvalue weighted by molar-refractivity contribution is 0.414. The average molecular weight is 230 g/mol. The Morgan fingerprint density at radius 1 is 1.18 bits per heavy atom. The second kappa shape index (κ2) is 5.04. The van der Waals surface area contributed by atoms with Crippen molar-refractivity contribution in [2.24, 2.45) is 0 Å². The predicted molar refractivity (Wildman–Crippen MR) is 68.4 cm³/mol. The second-order valence-electron chi connectivity index (χ2n) is 4.41. The van der Waals surface area contributed by atoms with Crippen LogP contribution in [0.2, 0.25) is 0 Å². The van der Waals surface area contributed by atoms with E-state index in [2.05, 4.69) is 37.1 Å². The van der Waals surface area contributed by atoms with Crippen LogP contribution in [0.15, 0.2) is 36.5 Å². The van der Waals surface area contributed by atoms with Gasteiger partial charge in [-0.2, -0.15) is 5.10 Å². The average Bonchev–Trinajstić information content (AvgIpc) is 2.79. The molecule has 0 fully saturated rings. The normalized spacial score (nSPS) is 10.8. The molecule has 0 aliphatic heterocycles. The number of hydrogen-bond donors (Lipinski definition) is 0. The summed E-state index contributed by atoms with van der Waals surface area (Å²) in [6.07, 6.45) is 2.90. The second-order valence-corrected chi connectivity index (χ2v) is 4.41. The largest absolute Gasteiger partial charge is 0.497 e. The highest BCUT2D eigenvalue weighted by Gasteiger charge is 2.03. The van der Waals surface area contributed by atoms with Crippen LogP contribution in [-0.2, 0) is 6.42 Å². The SMILES string of the molecule is COc1ccc(Cc2ccn(C(C)C)n2)cc1. The summed E-state index contributed by atoms with van der Waals surface area (Å²) in [6.45, 7) is 4.26. The Hall–Kier alpha value is -1.77. The van der Waals surface area contributed by atoms with E-state index >= 15 is 0 Å². The maximum absolute atomic E-state index is 5.14. The maximum atomic E-state index is 5.14. The fourth-order valence-electron chi connectivity index (χ4n) is 1.71. The van der Waals surface area contributed by atoms with Gasteiger partial charge in [-0.1, -0.05) is 12.1 Å². The zero-order valence-electron chi connectivity index (χ0n) is 10.6. The first-order chi connectivity index (χ1) is 8.19. The van der Waals surface area contributed by atoms with Gasteiger partial charge in [0.1, 0.15) is 5.75 Å². The van der Waals surface area contributed by atoms with Crippen LogP contribution in [0.5, 0.6) is 5.75 Å². The van der Waals surface area contributed by atoms with Crippen molar-refractivity contribution in [3.05, 3.63) is 47.8 Å². The van der Waals surface area contributed by atoms with Gasteiger partial charge in [0.2, 0.25) is 0 Å². The monoisotopic (exact) mass is 230 g/mol. The molecule has 0 bridgehead atoms. The highest BCUT2D eigenvalue weighted by Crippen LogP contribution is 2.14. The molecule has 0 unspecified atom stereocenters. The van der Waals surface area contributed by atoms with Gasteiger partial charge >= 0.3 is 0 Å². The third-order valence-electron chi connectivity index (χ3n) is 2.74. The van der Waals surface area contributed by atoms with Gasteiger partial charge in [0.25, 0.3) is 0 Å². The van der Waals surface area contributed by atoms with Crippen molar-refractivity contribution in [3.8, 4) is 5.75 Å². The lowest BCUT2D eigenvalue weighted by Crippen LogP contribution is -2.02. The number of aromatic nitrogens is 2. The summed E-state index contributed by atoms with van der Waals surface area (Å²) in [5, 5.41) is 4.53. The van der Waals surface area contributed by atoms with E-state index in [1.165, 1.54) is 5.56 Å². The molecule has 0 aliphatic carbocycles. The van der Waals surface area contributed by atoms with E-state index in [9.17, 15) is 0 Å².